The Morgan fingerprint density at radius 2 is 1.88 bits per heavy atom. The number of nitrogens with one attached hydrogen (secondary N) is 1. The summed E-state index contributed by atoms with van der Waals surface area (Å²) in [5.41, 5.74) is 1.12. The summed E-state index contributed by atoms with van der Waals surface area (Å²) >= 11 is 0. The minimum atomic E-state index is -4.55. The molecule has 0 saturated heterocycles. The summed E-state index contributed by atoms with van der Waals surface area (Å²) in [4.78, 5) is 21.8. The van der Waals surface area contributed by atoms with Gasteiger partial charge in [0.05, 0.1) is 16.7 Å². The molecule has 124 valence electrons. The van der Waals surface area contributed by atoms with Crippen molar-refractivity contribution >= 4 is 17.8 Å². The maximum absolute atomic E-state index is 12.6. The van der Waals surface area contributed by atoms with E-state index in [2.05, 4.69) is 10.5 Å². The Hall–Kier alpha value is -3.23. The number of non-ortho nitro benzene ring substituents is 1. The van der Waals surface area contributed by atoms with E-state index in [1.54, 1.807) is 0 Å². The number of hydrogen-bond acceptors (Lipinski definition) is 4. The molecule has 9 heteroatoms. The molecule has 1 N–H and O–H groups in total. The van der Waals surface area contributed by atoms with Gasteiger partial charge in [0, 0.05) is 23.3 Å². The highest BCUT2D eigenvalue weighted by molar-refractivity contribution is 5.95. The summed E-state index contributed by atoms with van der Waals surface area (Å²) in [6.07, 6.45) is -3.40. The van der Waals surface area contributed by atoms with Crippen LogP contribution in [0.2, 0.25) is 0 Å². The molecular formula is C15H10F3N3O3. The molecule has 1 amide bonds. The predicted molar refractivity (Wildman–Crippen MR) is 79.6 cm³/mol. The molecular weight excluding hydrogens is 327 g/mol. The fourth-order valence-corrected chi connectivity index (χ4v) is 1.79. The Balaban J connectivity index is 2.08. The van der Waals surface area contributed by atoms with Gasteiger partial charge in [0.15, 0.2) is 0 Å². The molecule has 0 atom stereocenters. The van der Waals surface area contributed by atoms with Crippen LogP contribution in [0.15, 0.2) is 53.6 Å². The predicted octanol–water partition coefficient (Wildman–Crippen LogP) is 3.38. The highest BCUT2D eigenvalue weighted by Gasteiger charge is 2.30. The minimum Gasteiger partial charge on any atom is -0.267 e. The summed E-state index contributed by atoms with van der Waals surface area (Å²) in [6.45, 7) is 0. The van der Waals surface area contributed by atoms with Gasteiger partial charge < -0.3 is 0 Å². The van der Waals surface area contributed by atoms with Crippen molar-refractivity contribution in [1.82, 2.24) is 5.43 Å². The van der Waals surface area contributed by atoms with E-state index in [1.807, 2.05) is 0 Å². The number of nitro groups is 1. The van der Waals surface area contributed by atoms with Gasteiger partial charge in [-0.3, -0.25) is 14.9 Å². The second-order valence-electron chi connectivity index (χ2n) is 4.63. The molecule has 24 heavy (non-hydrogen) atoms. The van der Waals surface area contributed by atoms with Crippen LogP contribution < -0.4 is 5.43 Å². The van der Waals surface area contributed by atoms with Gasteiger partial charge in [-0.15, -0.1) is 0 Å². The van der Waals surface area contributed by atoms with Crippen molar-refractivity contribution in [2.24, 2.45) is 5.10 Å². The van der Waals surface area contributed by atoms with Crippen molar-refractivity contribution in [3.05, 3.63) is 75.3 Å². The molecule has 2 rings (SSSR count). The lowest BCUT2D eigenvalue weighted by atomic mass is 10.1. The van der Waals surface area contributed by atoms with E-state index in [9.17, 15) is 28.1 Å². The van der Waals surface area contributed by atoms with E-state index in [4.69, 9.17) is 0 Å². The number of amides is 1. The van der Waals surface area contributed by atoms with E-state index in [0.29, 0.717) is 11.6 Å². The van der Waals surface area contributed by atoms with Crippen LogP contribution in [0.4, 0.5) is 18.9 Å². The molecule has 2 aromatic rings. The summed E-state index contributed by atoms with van der Waals surface area (Å²) in [5.74, 6) is -0.831. The molecule has 0 bridgehead atoms. The summed E-state index contributed by atoms with van der Waals surface area (Å²) in [5, 5.41) is 14.2. The maximum Gasteiger partial charge on any atom is 0.416 e. The Labute approximate surface area is 133 Å². The van der Waals surface area contributed by atoms with E-state index < -0.39 is 22.6 Å². The topological polar surface area (TPSA) is 84.6 Å². The fourth-order valence-electron chi connectivity index (χ4n) is 1.79. The highest BCUT2D eigenvalue weighted by Crippen LogP contribution is 2.29. The molecule has 0 unspecified atom stereocenters. The lowest BCUT2D eigenvalue weighted by Gasteiger charge is -2.07. The molecule has 6 nitrogen and oxygen atoms in total. The average molecular weight is 337 g/mol. The van der Waals surface area contributed by atoms with Crippen LogP contribution in [0, 0.1) is 10.1 Å². The van der Waals surface area contributed by atoms with Crippen molar-refractivity contribution in [3.63, 3.8) is 0 Å². The van der Waals surface area contributed by atoms with Crippen molar-refractivity contribution in [1.29, 1.82) is 0 Å². The van der Waals surface area contributed by atoms with E-state index in [1.165, 1.54) is 30.3 Å². The van der Waals surface area contributed by atoms with Gasteiger partial charge in [-0.1, -0.05) is 18.2 Å². The molecule has 0 fully saturated rings. The number of nitrogens with zero attached hydrogens (tertiary/aromatic N) is 2. The second kappa shape index (κ2) is 6.90. The highest BCUT2D eigenvalue weighted by atomic mass is 19.4. The minimum absolute atomic E-state index is 0.150. The van der Waals surface area contributed by atoms with Gasteiger partial charge in [0.25, 0.3) is 11.6 Å². The Morgan fingerprint density at radius 1 is 1.17 bits per heavy atom. The number of rotatable bonds is 4. The zero-order valence-corrected chi connectivity index (χ0v) is 11.9. The van der Waals surface area contributed by atoms with Crippen LogP contribution in [-0.2, 0) is 6.18 Å². The number of hydrazone groups is 1. The summed E-state index contributed by atoms with van der Waals surface area (Å²) < 4.78 is 37.8. The Bertz CT molecular complexity index is 804. The van der Waals surface area contributed by atoms with E-state index in [-0.39, 0.29) is 11.3 Å². The number of halogens is 3. The zero-order chi connectivity index (χ0) is 17.7. The van der Waals surface area contributed by atoms with Crippen LogP contribution in [0.3, 0.4) is 0 Å². The van der Waals surface area contributed by atoms with E-state index in [0.717, 1.165) is 18.3 Å². The van der Waals surface area contributed by atoms with Crippen molar-refractivity contribution < 1.29 is 22.9 Å². The van der Waals surface area contributed by atoms with E-state index >= 15 is 0 Å². The molecule has 0 saturated carbocycles. The number of carbonyl (C=O) groups excluding carboxylic acids is 1. The van der Waals surface area contributed by atoms with Gasteiger partial charge in [0.1, 0.15) is 0 Å². The van der Waals surface area contributed by atoms with Crippen LogP contribution >= 0.6 is 0 Å². The largest absolute Gasteiger partial charge is 0.416 e. The molecule has 0 aliphatic carbocycles. The number of alkyl halides is 3. The summed E-state index contributed by atoms with van der Waals surface area (Å²) in [6, 6.07) is 9.37. The van der Waals surface area contributed by atoms with Crippen LogP contribution in [0.1, 0.15) is 21.5 Å². The SMILES string of the molecule is O=C(N/N=C\c1cccc([N+](=O)[O-])c1)c1cccc(C(F)(F)F)c1. The first-order valence-corrected chi connectivity index (χ1v) is 6.52. The quantitative estimate of drug-likeness (QED) is 0.527. The molecule has 0 radical (unpaired) electrons. The van der Waals surface area contributed by atoms with Gasteiger partial charge in [-0.2, -0.15) is 18.3 Å². The van der Waals surface area contributed by atoms with Crippen LogP contribution in [0.5, 0.6) is 0 Å². The average Bonchev–Trinajstić information content (AvgIpc) is 2.54. The first-order chi connectivity index (χ1) is 11.3. The Kier molecular flexibility index (Phi) is 4.93. The third-order valence-corrected chi connectivity index (χ3v) is 2.91. The first kappa shape index (κ1) is 17.1. The molecule has 0 aliphatic heterocycles. The third kappa shape index (κ3) is 4.38. The molecule has 0 aromatic heterocycles. The number of carbonyl (C=O) groups is 1. The smallest absolute Gasteiger partial charge is 0.267 e. The third-order valence-electron chi connectivity index (χ3n) is 2.91. The molecule has 0 spiro atoms. The van der Waals surface area contributed by atoms with Gasteiger partial charge in [-0.05, 0) is 18.2 Å². The second-order valence-corrected chi connectivity index (χ2v) is 4.63. The molecule has 0 aliphatic rings. The number of hydrogen-bond donors (Lipinski definition) is 1. The summed E-state index contributed by atoms with van der Waals surface area (Å²) in [7, 11) is 0. The van der Waals surface area contributed by atoms with Crippen LogP contribution in [0.25, 0.3) is 0 Å². The van der Waals surface area contributed by atoms with Gasteiger partial charge in [-0.25, -0.2) is 5.43 Å². The lowest BCUT2D eigenvalue weighted by Crippen LogP contribution is -2.18. The standard InChI is InChI=1S/C15H10F3N3O3/c16-15(17,18)12-5-2-4-11(8-12)14(22)20-19-9-10-3-1-6-13(7-10)21(23)24/h1-9H,(H,20,22)/b19-9-. The van der Waals surface area contributed by atoms with Crippen molar-refractivity contribution in [2.75, 3.05) is 0 Å². The normalized spacial score (nSPS) is 11.5. The molecule has 0 heterocycles. The Morgan fingerprint density at radius 3 is 2.54 bits per heavy atom. The molecule has 2 aromatic carbocycles. The van der Waals surface area contributed by atoms with Crippen molar-refractivity contribution in [2.45, 2.75) is 6.18 Å². The first-order valence-electron chi connectivity index (χ1n) is 6.52. The van der Waals surface area contributed by atoms with Crippen molar-refractivity contribution in [3.8, 4) is 0 Å². The van der Waals surface area contributed by atoms with Crippen LogP contribution in [-0.4, -0.2) is 17.0 Å². The number of nitro benzene ring substituents is 1. The zero-order valence-electron chi connectivity index (χ0n) is 11.9. The maximum atomic E-state index is 12.6. The monoisotopic (exact) mass is 337 g/mol. The lowest BCUT2D eigenvalue weighted by molar-refractivity contribution is -0.384. The number of benzene rings is 2. The van der Waals surface area contributed by atoms with Gasteiger partial charge in [0.2, 0.25) is 0 Å². The van der Waals surface area contributed by atoms with Gasteiger partial charge >= 0.3 is 6.18 Å². The fraction of sp³-hybridized carbons (Fsp3) is 0.0667.